The Labute approximate surface area is 248 Å². The minimum Gasteiger partial charge on any atom is -0.370 e. The van der Waals surface area contributed by atoms with Crippen LogP contribution < -0.4 is 21.5 Å². The van der Waals surface area contributed by atoms with Gasteiger partial charge in [0.1, 0.15) is 6.04 Å². The summed E-state index contributed by atoms with van der Waals surface area (Å²) in [6, 6.07) is 14.0. The lowest BCUT2D eigenvalue weighted by Gasteiger charge is -2.25. The number of nitrogens with one attached hydrogen (secondary N) is 2. The Bertz CT molecular complexity index is 1520. The van der Waals surface area contributed by atoms with Crippen molar-refractivity contribution in [2.45, 2.75) is 43.6 Å². The molecule has 0 bridgehead atoms. The first kappa shape index (κ1) is 30.8. The number of nitrogens with zero attached hydrogens (tertiary/aromatic N) is 3. The number of guanidine groups is 1. The molecule has 4 rings (SSSR count). The SMILES string of the molecule is NC(N)=NCCC[C@H](NC(=O)CN1Cc2ccccc2C[C@H](NS(=O)(=O)Cc2ccccc2)C1=O)C(=O)c1nccs1. The van der Waals surface area contributed by atoms with Crippen LogP contribution in [0.1, 0.15) is 39.3 Å². The van der Waals surface area contributed by atoms with Gasteiger partial charge in [-0.15, -0.1) is 11.3 Å². The molecule has 6 N–H and O–H groups in total. The third kappa shape index (κ3) is 8.68. The van der Waals surface area contributed by atoms with Crippen LogP contribution in [0.2, 0.25) is 0 Å². The Morgan fingerprint density at radius 1 is 1.10 bits per heavy atom. The van der Waals surface area contributed by atoms with E-state index in [1.54, 1.807) is 35.7 Å². The number of thiazole rings is 1. The fourth-order valence-electron chi connectivity index (χ4n) is 4.68. The van der Waals surface area contributed by atoms with Gasteiger partial charge >= 0.3 is 0 Å². The summed E-state index contributed by atoms with van der Waals surface area (Å²) in [5.74, 6) is -1.82. The minimum absolute atomic E-state index is 0.0734. The van der Waals surface area contributed by atoms with E-state index in [1.165, 1.54) is 11.1 Å². The van der Waals surface area contributed by atoms with Gasteiger partial charge in [0.15, 0.2) is 11.0 Å². The summed E-state index contributed by atoms with van der Waals surface area (Å²) in [6.45, 7) is 0.000603. The van der Waals surface area contributed by atoms with Crippen molar-refractivity contribution in [2.24, 2.45) is 16.5 Å². The number of fused-ring (bicyclic) bond motifs is 1. The Hall–Kier alpha value is -4.14. The molecule has 0 aliphatic carbocycles. The summed E-state index contributed by atoms with van der Waals surface area (Å²) in [5.41, 5.74) is 12.9. The van der Waals surface area contributed by atoms with Crippen molar-refractivity contribution in [2.75, 3.05) is 13.1 Å². The smallest absolute Gasteiger partial charge is 0.241 e. The van der Waals surface area contributed by atoms with Crippen LogP contribution in [0.25, 0.3) is 0 Å². The predicted molar refractivity (Wildman–Crippen MR) is 160 cm³/mol. The van der Waals surface area contributed by atoms with Gasteiger partial charge in [0, 0.05) is 24.7 Å². The molecular formula is C28H33N7O5S2. The van der Waals surface area contributed by atoms with Gasteiger partial charge in [-0.3, -0.25) is 19.4 Å². The predicted octanol–water partition coefficient (Wildman–Crippen LogP) is 0.937. The lowest BCUT2D eigenvalue weighted by molar-refractivity contribution is -0.137. The summed E-state index contributed by atoms with van der Waals surface area (Å²) < 4.78 is 28.6. The molecule has 0 saturated heterocycles. The molecule has 0 radical (unpaired) electrons. The standard InChI is InChI=1S/C28H33N7O5S2/c29-28(30)32-12-6-11-22(25(37)26-31-13-14-41-26)33-24(36)17-35-16-21-10-5-4-9-20(21)15-23(27(35)38)34-42(39,40)18-19-7-2-1-3-8-19/h1-5,7-10,13-14,22-23,34H,6,11-12,15-18H2,(H,33,36)(H4,29,30,32)/t22-,23-/m0/s1. The van der Waals surface area contributed by atoms with Crippen LogP contribution in [0.3, 0.4) is 0 Å². The maximum atomic E-state index is 13.7. The highest BCUT2D eigenvalue weighted by Gasteiger charge is 2.34. The summed E-state index contributed by atoms with van der Waals surface area (Å²) in [6.07, 6.45) is 2.31. The Morgan fingerprint density at radius 2 is 1.81 bits per heavy atom. The number of carbonyl (C=O) groups excluding carboxylic acids is 3. The van der Waals surface area contributed by atoms with Crippen molar-refractivity contribution in [3.05, 3.63) is 87.9 Å². The molecular weight excluding hydrogens is 578 g/mol. The number of rotatable bonds is 13. The molecule has 1 aliphatic rings. The fraction of sp³-hybridized carbons (Fsp3) is 0.321. The van der Waals surface area contributed by atoms with Crippen LogP contribution in [-0.4, -0.2) is 67.0 Å². The highest BCUT2D eigenvalue weighted by molar-refractivity contribution is 7.88. The van der Waals surface area contributed by atoms with Crippen molar-refractivity contribution in [1.29, 1.82) is 0 Å². The van der Waals surface area contributed by atoms with Crippen molar-refractivity contribution < 1.29 is 22.8 Å². The number of amides is 2. The Morgan fingerprint density at radius 3 is 2.50 bits per heavy atom. The number of nitrogens with two attached hydrogens (primary N) is 2. The van der Waals surface area contributed by atoms with E-state index in [-0.39, 0.29) is 55.0 Å². The Kier molecular flexibility index (Phi) is 10.4. The lowest BCUT2D eigenvalue weighted by Crippen LogP contribution is -2.52. The number of Topliss-reactive ketones (excluding diaryl/α,β-unsaturated/α-hetero) is 1. The first-order valence-corrected chi connectivity index (χ1v) is 15.8. The minimum atomic E-state index is -3.89. The van der Waals surface area contributed by atoms with Gasteiger partial charge in [0.25, 0.3) is 0 Å². The zero-order valence-electron chi connectivity index (χ0n) is 22.8. The number of ketones is 1. The monoisotopic (exact) mass is 611 g/mol. The second kappa shape index (κ2) is 14.2. The number of aromatic nitrogens is 1. The molecule has 2 atom stereocenters. The molecule has 2 aromatic carbocycles. The first-order chi connectivity index (χ1) is 20.1. The van der Waals surface area contributed by atoms with Gasteiger partial charge in [-0.1, -0.05) is 54.6 Å². The zero-order valence-corrected chi connectivity index (χ0v) is 24.4. The quantitative estimate of drug-likeness (QED) is 0.0950. The molecule has 12 nitrogen and oxygen atoms in total. The van der Waals surface area contributed by atoms with E-state index in [0.717, 1.165) is 22.5 Å². The van der Waals surface area contributed by atoms with Gasteiger partial charge in [-0.05, 0) is 36.0 Å². The molecule has 2 amide bonds. The van der Waals surface area contributed by atoms with Crippen molar-refractivity contribution in [3.8, 4) is 0 Å². The van der Waals surface area contributed by atoms with E-state index >= 15 is 0 Å². The van der Waals surface area contributed by atoms with Gasteiger partial charge in [-0.25, -0.2) is 18.1 Å². The number of aliphatic imine (C=N–C) groups is 1. The molecule has 14 heteroatoms. The van der Waals surface area contributed by atoms with Gasteiger partial charge in [0.2, 0.25) is 27.6 Å². The molecule has 3 aromatic rings. The maximum Gasteiger partial charge on any atom is 0.241 e. The molecule has 222 valence electrons. The van der Waals surface area contributed by atoms with Crippen molar-refractivity contribution >= 4 is 44.9 Å². The number of hydrogen-bond donors (Lipinski definition) is 4. The van der Waals surface area contributed by atoms with Crippen LogP contribution in [0.15, 0.2) is 71.2 Å². The number of carbonyl (C=O) groups is 3. The van der Waals surface area contributed by atoms with E-state index in [2.05, 4.69) is 20.0 Å². The second-order valence-corrected chi connectivity index (χ2v) is 12.5. The van der Waals surface area contributed by atoms with Crippen LogP contribution in [0, 0.1) is 0 Å². The van der Waals surface area contributed by atoms with Crippen LogP contribution in [0.4, 0.5) is 0 Å². The molecule has 0 saturated carbocycles. The van der Waals surface area contributed by atoms with E-state index in [0.29, 0.717) is 12.0 Å². The highest BCUT2D eigenvalue weighted by Crippen LogP contribution is 2.21. The highest BCUT2D eigenvalue weighted by atomic mass is 32.2. The molecule has 0 spiro atoms. The van der Waals surface area contributed by atoms with Crippen molar-refractivity contribution in [3.63, 3.8) is 0 Å². The van der Waals surface area contributed by atoms with Gasteiger partial charge in [0.05, 0.1) is 18.3 Å². The largest absolute Gasteiger partial charge is 0.370 e. The average molecular weight is 612 g/mol. The van der Waals surface area contributed by atoms with Crippen molar-refractivity contribution in [1.82, 2.24) is 19.9 Å². The lowest BCUT2D eigenvalue weighted by atomic mass is 10.0. The molecule has 42 heavy (non-hydrogen) atoms. The number of hydrogen-bond acceptors (Lipinski definition) is 8. The molecule has 2 heterocycles. The molecule has 0 fully saturated rings. The number of sulfonamides is 1. The molecule has 0 unspecified atom stereocenters. The van der Waals surface area contributed by atoms with E-state index in [4.69, 9.17) is 11.5 Å². The summed E-state index contributed by atoms with van der Waals surface area (Å²) in [4.78, 5) is 49.3. The van der Waals surface area contributed by atoms with Gasteiger partial charge < -0.3 is 21.7 Å². The Balaban J connectivity index is 1.50. The molecule has 1 aromatic heterocycles. The topological polar surface area (TPSA) is 190 Å². The fourth-order valence-corrected chi connectivity index (χ4v) is 6.64. The van der Waals surface area contributed by atoms with E-state index < -0.39 is 33.9 Å². The zero-order chi connectivity index (χ0) is 30.1. The third-order valence-corrected chi connectivity index (χ3v) is 8.75. The van der Waals surface area contributed by atoms with E-state index in [9.17, 15) is 22.8 Å². The average Bonchev–Trinajstić information content (AvgIpc) is 3.45. The van der Waals surface area contributed by atoms with E-state index in [1.807, 2.05) is 24.3 Å². The second-order valence-electron chi connectivity index (χ2n) is 9.85. The van der Waals surface area contributed by atoms with Crippen LogP contribution in [0.5, 0.6) is 0 Å². The third-order valence-electron chi connectivity index (χ3n) is 6.61. The summed E-state index contributed by atoms with van der Waals surface area (Å²) >= 11 is 1.16. The maximum absolute atomic E-state index is 13.7. The van der Waals surface area contributed by atoms with Crippen LogP contribution in [-0.2, 0) is 38.3 Å². The normalized spacial score (nSPS) is 15.8. The number of benzene rings is 2. The first-order valence-electron chi connectivity index (χ1n) is 13.3. The summed E-state index contributed by atoms with van der Waals surface area (Å²) in [5, 5.41) is 4.65. The summed E-state index contributed by atoms with van der Waals surface area (Å²) in [7, 11) is -3.89. The van der Waals surface area contributed by atoms with Gasteiger partial charge in [-0.2, -0.15) is 0 Å². The molecule has 1 aliphatic heterocycles. The van der Waals surface area contributed by atoms with Crippen LogP contribution >= 0.6 is 11.3 Å².